The van der Waals surface area contributed by atoms with E-state index in [4.69, 9.17) is 4.74 Å². The first-order chi connectivity index (χ1) is 13.4. The topological polar surface area (TPSA) is 84.5 Å². The summed E-state index contributed by atoms with van der Waals surface area (Å²) < 4.78 is 33.7. The lowest BCUT2D eigenvalue weighted by Crippen LogP contribution is -2.40. The van der Waals surface area contributed by atoms with E-state index in [1.807, 2.05) is 37.3 Å². The van der Waals surface area contributed by atoms with Crippen molar-refractivity contribution in [2.75, 3.05) is 6.61 Å². The van der Waals surface area contributed by atoms with Gasteiger partial charge in [-0.2, -0.15) is 0 Å². The van der Waals surface area contributed by atoms with Gasteiger partial charge in [-0.1, -0.05) is 36.4 Å². The minimum Gasteiger partial charge on any atom is -0.376 e. The standard InChI is InChI=1S/C21H26N2O4S/c1-15-10-11-18(21(24)23-16(2)19-9-6-12-27-19)13-20(15)28(25,26)22-14-17-7-4-3-5-8-17/h3-5,7-8,10-11,13,16,19,22H,6,9,12,14H2,1-2H3,(H,23,24). The lowest BCUT2D eigenvalue weighted by molar-refractivity contribution is 0.0712. The smallest absolute Gasteiger partial charge is 0.251 e. The summed E-state index contributed by atoms with van der Waals surface area (Å²) in [6.07, 6.45) is 1.91. The van der Waals surface area contributed by atoms with Gasteiger partial charge in [0.05, 0.1) is 17.0 Å². The predicted molar refractivity (Wildman–Crippen MR) is 108 cm³/mol. The van der Waals surface area contributed by atoms with Crippen molar-refractivity contribution in [2.24, 2.45) is 0 Å². The molecule has 2 unspecified atom stereocenters. The van der Waals surface area contributed by atoms with Crippen LogP contribution < -0.4 is 10.0 Å². The van der Waals surface area contributed by atoms with Crippen molar-refractivity contribution in [3.05, 3.63) is 65.2 Å². The van der Waals surface area contributed by atoms with Crippen LogP contribution in [-0.4, -0.2) is 33.1 Å². The average Bonchev–Trinajstić information content (AvgIpc) is 3.22. The maximum atomic E-state index is 12.8. The van der Waals surface area contributed by atoms with Gasteiger partial charge in [0.2, 0.25) is 10.0 Å². The second kappa shape index (κ2) is 8.86. The molecular weight excluding hydrogens is 376 g/mol. The molecule has 0 bridgehead atoms. The Labute approximate surface area is 166 Å². The second-order valence-corrected chi connectivity index (χ2v) is 8.84. The normalized spacial score (nSPS) is 18.0. The Kier molecular flexibility index (Phi) is 6.49. The van der Waals surface area contributed by atoms with E-state index in [1.54, 1.807) is 19.1 Å². The van der Waals surface area contributed by atoms with E-state index >= 15 is 0 Å². The molecule has 2 aromatic rings. The maximum Gasteiger partial charge on any atom is 0.251 e. The number of carbonyl (C=O) groups excluding carboxylic acids is 1. The molecule has 7 heteroatoms. The number of hydrogen-bond donors (Lipinski definition) is 2. The van der Waals surface area contributed by atoms with Crippen molar-refractivity contribution in [1.29, 1.82) is 0 Å². The number of aryl methyl sites for hydroxylation is 1. The Balaban J connectivity index is 1.73. The molecule has 0 spiro atoms. The van der Waals surface area contributed by atoms with Crippen molar-refractivity contribution in [3.63, 3.8) is 0 Å². The third kappa shape index (κ3) is 4.98. The van der Waals surface area contributed by atoms with E-state index in [1.165, 1.54) is 6.07 Å². The Morgan fingerprint density at radius 1 is 1.21 bits per heavy atom. The van der Waals surface area contributed by atoms with Crippen LogP contribution in [0.15, 0.2) is 53.4 Å². The van der Waals surface area contributed by atoms with Crippen LogP contribution in [0.5, 0.6) is 0 Å². The van der Waals surface area contributed by atoms with E-state index in [9.17, 15) is 13.2 Å². The monoisotopic (exact) mass is 402 g/mol. The Bertz CT molecular complexity index is 923. The summed E-state index contributed by atoms with van der Waals surface area (Å²) in [6.45, 7) is 4.52. The van der Waals surface area contributed by atoms with Gasteiger partial charge in [-0.3, -0.25) is 4.79 Å². The van der Waals surface area contributed by atoms with Crippen LogP contribution in [0.1, 0.15) is 41.3 Å². The highest BCUT2D eigenvalue weighted by molar-refractivity contribution is 7.89. The van der Waals surface area contributed by atoms with Gasteiger partial charge in [-0.25, -0.2) is 13.1 Å². The van der Waals surface area contributed by atoms with Crippen LogP contribution in [0.3, 0.4) is 0 Å². The zero-order valence-electron chi connectivity index (χ0n) is 16.1. The van der Waals surface area contributed by atoms with Crippen LogP contribution in [-0.2, 0) is 21.3 Å². The number of benzene rings is 2. The first-order valence-electron chi connectivity index (χ1n) is 9.43. The summed E-state index contributed by atoms with van der Waals surface area (Å²) in [7, 11) is -3.74. The summed E-state index contributed by atoms with van der Waals surface area (Å²) in [4.78, 5) is 12.7. The van der Waals surface area contributed by atoms with Crippen molar-refractivity contribution in [3.8, 4) is 0 Å². The summed E-state index contributed by atoms with van der Waals surface area (Å²) in [5.74, 6) is -0.303. The number of sulfonamides is 1. The molecule has 3 rings (SSSR count). The lowest BCUT2D eigenvalue weighted by atomic mass is 10.1. The predicted octanol–water partition coefficient (Wildman–Crippen LogP) is 2.77. The molecule has 1 heterocycles. The zero-order valence-corrected chi connectivity index (χ0v) is 17.0. The number of rotatable bonds is 7. The fraction of sp³-hybridized carbons (Fsp3) is 0.381. The minimum atomic E-state index is -3.74. The third-order valence-electron chi connectivity index (χ3n) is 4.93. The molecular formula is C21H26N2O4S. The molecule has 0 aliphatic carbocycles. The van der Waals surface area contributed by atoms with Crippen molar-refractivity contribution in [2.45, 2.75) is 50.3 Å². The first kappa shape index (κ1) is 20.5. The summed E-state index contributed by atoms with van der Waals surface area (Å²) in [6, 6.07) is 13.9. The van der Waals surface area contributed by atoms with Gasteiger partial charge in [0.15, 0.2) is 0 Å². The van der Waals surface area contributed by atoms with Crippen LogP contribution in [0.4, 0.5) is 0 Å². The fourth-order valence-electron chi connectivity index (χ4n) is 3.26. The van der Waals surface area contributed by atoms with Gasteiger partial charge in [-0.05, 0) is 49.9 Å². The number of carbonyl (C=O) groups is 1. The highest BCUT2D eigenvalue weighted by Crippen LogP contribution is 2.19. The molecule has 2 atom stereocenters. The molecule has 2 aromatic carbocycles. The summed E-state index contributed by atoms with van der Waals surface area (Å²) in [5.41, 5.74) is 1.77. The number of amides is 1. The lowest BCUT2D eigenvalue weighted by Gasteiger charge is -2.20. The van der Waals surface area contributed by atoms with E-state index in [0.29, 0.717) is 17.7 Å². The molecule has 150 valence electrons. The molecule has 1 saturated heterocycles. The quantitative estimate of drug-likeness (QED) is 0.746. The number of hydrogen-bond acceptors (Lipinski definition) is 4. The average molecular weight is 403 g/mol. The molecule has 1 amide bonds. The Hall–Kier alpha value is -2.22. The van der Waals surface area contributed by atoms with Crippen molar-refractivity contribution >= 4 is 15.9 Å². The van der Waals surface area contributed by atoms with Gasteiger partial charge in [0.1, 0.15) is 0 Å². The highest BCUT2D eigenvalue weighted by atomic mass is 32.2. The fourth-order valence-corrected chi connectivity index (χ4v) is 4.55. The highest BCUT2D eigenvalue weighted by Gasteiger charge is 2.25. The largest absolute Gasteiger partial charge is 0.376 e. The molecule has 1 aliphatic heterocycles. The summed E-state index contributed by atoms with van der Waals surface area (Å²) in [5, 5.41) is 2.91. The van der Waals surface area contributed by atoms with E-state index in [-0.39, 0.29) is 29.5 Å². The molecule has 0 radical (unpaired) electrons. The van der Waals surface area contributed by atoms with Gasteiger partial charge in [0, 0.05) is 18.7 Å². The molecule has 2 N–H and O–H groups in total. The van der Waals surface area contributed by atoms with Gasteiger partial charge < -0.3 is 10.1 Å². The number of ether oxygens (including phenoxy) is 1. The van der Waals surface area contributed by atoms with Gasteiger partial charge in [-0.15, -0.1) is 0 Å². The maximum absolute atomic E-state index is 12.8. The molecule has 0 saturated carbocycles. The van der Waals surface area contributed by atoms with Crippen LogP contribution >= 0.6 is 0 Å². The number of nitrogens with one attached hydrogen (secondary N) is 2. The molecule has 28 heavy (non-hydrogen) atoms. The second-order valence-electron chi connectivity index (χ2n) is 7.10. The van der Waals surface area contributed by atoms with Crippen molar-refractivity contribution in [1.82, 2.24) is 10.0 Å². The summed E-state index contributed by atoms with van der Waals surface area (Å²) >= 11 is 0. The first-order valence-corrected chi connectivity index (χ1v) is 10.9. The van der Waals surface area contributed by atoms with Gasteiger partial charge in [0.25, 0.3) is 5.91 Å². The molecule has 1 aliphatic rings. The zero-order chi connectivity index (χ0) is 20.1. The van der Waals surface area contributed by atoms with Crippen LogP contribution in [0.25, 0.3) is 0 Å². The Morgan fingerprint density at radius 3 is 2.64 bits per heavy atom. The van der Waals surface area contributed by atoms with Crippen molar-refractivity contribution < 1.29 is 17.9 Å². The van der Waals surface area contributed by atoms with E-state index in [0.717, 1.165) is 18.4 Å². The van der Waals surface area contributed by atoms with E-state index in [2.05, 4.69) is 10.0 Å². The molecule has 0 aromatic heterocycles. The van der Waals surface area contributed by atoms with Crippen LogP contribution in [0.2, 0.25) is 0 Å². The van der Waals surface area contributed by atoms with Crippen LogP contribution in [0, 0.1) is 6.92 Å². The minimum absolute atomic E-state index is 0.00476. The van der Waals surface area contributed by atoms with Gasteiger partial charge >= 0.3 is 0 Å². The van der Waals surface area contributed by atoms with E-state index < -0.39 is 10.0 Å². The SMILES string of the molecule is Cc1ccc(C(=O)NC(C)C2CCCO2)cc1S(=O)(=O)NCc1ccccc1. The molecule has 6 nitrogen and oxygen atoms in total. The Morgan fingerprint density at radius 2 is 1.96 bits per heavy atom. The molecule has 1 fully saturated rings. The third-order valence-corrected chi connectivity index (χ3v) is 6.47.